The van der Waals surface area contributed by atoms with Gasteiger partial charge in [-0.15, -0.1) is 10.2 Å². The first-order valence-electron chi connectivity index (χ1n) is 9.12. The monoisotopic (exact) mass is 372 g/mol. The molecule has 1 saturated heterocycles. The van der Waals surface area contributed by atoms with Gasteiger partial charge in [0.25, 0.3) is 0 Å². The van der Waals surface area contributed by atoms with E-state index in [0.29, 0.717) is 24.6 Å². The Kier molecular flexibility index (Phi) is 4.98. The van der Waals surface area contributed by atoms with Gasteiger partial charge in [0.05, 0.1) is 0 Å². The molecular weight excluding hydrogens is 350 g/mol. The van der Waals surface area contributed by atoms with Crippen LogP contribution in [0.1, 0.15) is 36.0 Å². The summed E-state index contributed by atoms with van der Waals surface area (Å²) in [5.74, 6) is 1.43. The molecule has 0 atom stereocenters. The number of benzene rings is 1. The standard InChI is InChI=1S/C19H22F2N6/c1-25-18(13-27-8-2-7-22-27)23-24-19(25)14-5-9-26(10-6-14)12-15-11-16(20)3-4-17(15)21/h2-4,7-8,11,14H,5-6,9-10,12-13H2,1H3. The van der Waals surface area contributed by atoms with Crippen molar-refractivity contribution in [2.45, 2.75) is 31.8 Å². The van der Waals surface area contributed by atoms with Gasteiger partial charge in [-0.25, -0.2) is 8.78 Å². The van der Waals surface area contributed by atoms with Crippen molar-refractivity contribution in [3.63, 3.8) is 0 Å². The van der Waals surface area contributed by atoms with E-state index in [1.165, 1.54) is 12.1 Å². The first-order chi connectivity index (χ1) is 13.1. The van der Waals surface area contributed by atoms with Gasteiger partial charge >= 0.3 is 0 Å². The lowest BCUT2D eigenvalue weighted by Gasteiger charge is -2.31. The summed E-state index contributed by atoms with van der Waals surface area (Å²) in [6.07, 6.45) is 5.49. The zero-order valence-electron chi connectivity index (χ0n) is 15.2. The smallest absolute Gasteiger partial charge is 0.154 e. The predicted molar refractivity (Wildman–Crippen MR) is 95.9 cm³/mol. The number of hydrogen-bond acceptors (Lipinski definition) is 4. The van der Waals surface area contributed by atoms with Crippen LogP contribution < -0.4 is 0 Å². The van der Waals surface area contributed by atoms with E-state index in [1.54, 1.807) is 6.20 Å². The Morgan fingerprint density at radius 3 is 2.67 bits per heavy atom. The Labute approximate surface area is 156 Å². The largest absolute Gasteiger partial charge is 0.316 e. The molecule has 0 spiro atoms. The van der Waals surface area contributed by atoms with E-state index >= 15 is 0 Å². The van der Waals surface area contributed by atoms with E-state index in [-0.39, 0.29) is 5.82 Å². The second-order valence-electron chi connectivity index (χ2n) is 7.02. The fourth-order valence-electron chi connectivity index (χ4n) is 3.66. The van der Waals surface area contributed by atoms with E-state index in [0.717, 1.165) is 43.6 Å². The molecule has 2 aromatic heterocycles. The minimum Gasteiger partial charge on any atom is -0.316 e. The number of piperidine rings is 1. The Bertz CT molecular complexity index is 897. The van der Waals surface area contributed by atoms with Gasteiger partial charge in [0.1, 0.15) is 24.0 Å². The lowest BCUT2D eigenvalue weighted by molar-refractivity contribution is 0.198. The molecule has 0 saturated carbocycles. The molecular formula is C19H22F2N6. The topological polar surface area (TPSA) is 51.8 Å². The average molecular weight is 372 g/mol. The predicted octanol–water partition coefficient (Wildman–Crippen LogP) is 2.72. The quantitative estimate of drug-likeness (QED) is 0.691. The van der Waals surface area contributed by atoms with Gasteiger partial charge in [-0.05, 0) is 50.2 Å². The van der Waals surface area contributed by atoms with Crippen molar-refractivity contribution >= 4 is 0 Å². The molecule has 3 aromatic rings. The van der Waals surface area contributed by atoms with Crippen molar-refractivity contribution in [2.24, 2.45) is 7.05 Å². The van der Waals surface area contributed by atoms with Crippen molar-refractivity contribution < 1.29 is 8.78 Å². The number of hydrogen-bond donors (Lipinski definition) is 0. The SMILES string of the molecule is Cn1c(Cn2cccn2)nnc1C1CCN(Cc2cc(F)ccc2F)CC1. The summed E-state index contributed by atoms with van der Waals surface area (Å²) >= 11 is 0. The Morgan fingerprint density at radius 1 is 1.11 bits per heavy atom. The van der Waals surface area contributed by atoms with Crippen LogP contribution in [0.3, 0.4) is 0 Å². The van der Waals surface area contributed by atoms with Gasteiger partial charge in [-0.1, -0.05) is 0 Å². The van der Waals surface area contributed by atoms with Gasteiger partial charge in [0, 0.05) is 37.5 Å². The van der Waals surface area contributed by atoms with Crippen LogP contribution in [-0.4, -0.2) is 42.5 Å². The normalized spacial score (nSPS) is 16.1. The van der Waals surface area contributed by atoms with Crippen LogP contribution in [-0.2, 0) is 20.1 Å². The zero-order chi connectivity index (χ0) is 18.8. The first-order valence-corrected chi connectivity index (χ1v) is 9.12. The summed E-state index contributed by atoms with van der Waals surface area (Å²) in [7, 11) is 1.99. The molecule has 1 aliphatic rings. The lowest BCUT2D eigenvalue weighted by Crippen LogP contribution is -2.33. The molecule has 0 radical (unpaired) electrons. The number of rotatable bonds is 5. The van der Waals surface area contributed by atoms with Crippen molar-refractivity contribution in [2.75, 3.05) is 13.1 Å². The molecule has 1 aromatic carbocycles. The minimum absolute atomic E-state index is 0.322. The molecule has 1 fully saturated rings. The summed E-state index contributed by atoms with van der Waals surface area (Å²) in [6.45, 7) is 2.66. The molecule has 0 unspecified atom stereocenters. The second kappa shape index (κ2) is 7.56. The highest BCUT2D eigenvalue weighted by molar-refractivity contribution is 5.18. The summed E-state index contributed by atoms with van der Waals surface area (Å²) < 4.78 is 31.1. The van der Waals surface area contributed by atoms with Gasteiger partial charge in [-0.2, -0.15) is 5.10 Å². The highest BCUT2D eigenvalue weighted by Crippen LogP contribution is 2.28. The number of likely N-dealkylation sites (tertiary alicyclic amines) is 1. The number of nitrogens with zero attached hydrogens (tertiary/aromatic N) is 6. The Morgan fingerprint density at radius 2 is 1.93 bits per heavy atom. The third kappa shape index (κ3) is 3.90. The van der Waals surface area contributed by atoms with E-state index in [9.17, 15) is 8.78 Å². The molecule has 0 bridgehead atoms. The van der Waals surface area contributed by atoms with E-state index < -0.39 is 5.82 Å². The molecule has 0 N–H and O–H groups in total. The fourth-order valence-corrected chi connectivity index (χ4v) is 3.66. The van der Waals surface area contributed by atoms with E-state index in [4.69, 9.17) is 0 Å². The molecule has 0 aliphatic carbocycles. The van der Waals surface area contributed by atoms with Crippen molar-refractivity contribution in [1.29, 1.82) is 0 Å². The number of aromatic nitrogens is 5. The van der Waals surface area contributed by atoms with Crippen molar-refractivity contribution in [1.82, 2.24) is 29.4 Å². The molecule has 3 heterocycles. The molecule has 142 valence electrons. The fraction of sp³-hybridized carbons (Fsp3) is 0.421. The second-order valence-corrected chi connectivity index (χ2v) is 7.02. The highest BCUT2D eigenvalue weighted by atomic mass is 19.1. The number of halogens is 2. The molecule has 0 amide bonds. The molecule has 6 nitrogen and oxygen atoms in total. The minimum atomic E-state index is -0.398. The van der Waals surface area contributed by atoms with Crippen LogP contribution in [0.15, 0.2) is 36.7 Å². The highest BCUT2D eigenvalue weighted by Gasteiger charge is 2.25. The molecule has 1 aliphatic heterocycles. The summed E-state index contributed by atoms with van der Waals surface area (Å²) in [5, 5.41) is 12.9. The summed E-state index contributed by atoms with van der Waals surface area (Å²) in [5.41, 5.74) is 0.411. The van der Waals surface area contributed by atoms with Crippen LogP contribution in [0.5, 0.6) is 0 Å². The molecule has 4 rings (SSSR count). The molecule has 27 heavy (non-hydrogen) atoms. The van der Waals surface area contributed by atoms with E-state index in [1.807, 2.05) is 28.6 Å². The maximum Gasteiger partial charge on any atom is 0.154 e. The summed E-state index contributed by atoms with van der Waals surface area (Å²) in [6, 6.07) is 5.51. The maximum atomic E-state index is 13.9. The van der Waals surface area contributed by atoms with Gasteiger partial charge < -0.3 is 4.57 Å². The van der Waals surface area contributed by atoms with Crippen LogP contribution >= 0.6 is 0 Å². The lowest BCUT2D eigenvalue weighted by atomic mass is 9.95. The van der Waals surface area contributed by atoms with Crippen LogP contribution in [0.2, 0.25) is 0 Å². The van der Waals surface area contributed by atoms with Gasteiger partial charge in [-0.3, -0.25) is 9.58 Å². The van der Waals surface area contributed by atoms with Crippen LogP contribution in [0.25, 0.3) is 0 Å². The maximum absolute atomic E-state index is 13.9. The van der Waals surface area contributed by atoms with Crippen molar-refractivity contribution in [3.05, 3.63) is 65.5 Å². The zero-order valence-corrected chi connectivity index (χ0v) is 15.2. The Hall–Kier alpha value is -2.61. The summed E-state index contributed by atoms with van der Waals surface area (Å²) in [4.78, 5) is 2.16. The van der Waals surface area contributed by atoms with E-state index in [2.05, 4.69) is 20.2 Å². The van der Waals surface area contributed by atoms with Crippen LogP contribution in [0, 0.1) is 11.6 Å². The van der Waals surface area contributed by atoms with Crippen molar-refractivity contribution in [3.8, 4) is 0 Å². The first kappa shape index (κ1) is 17.8. The van der Waals surface area contributed by atoms with Gasteiger partial charge in [0.15, 0.2) is 5.82 Å². The van der Waals surface area contributed by atoms with Gasteiger partial charge in [0.2, 0.25) is 0 Å². The van der Waals surface area contributed by atoms with Crippen LogP contribution in [0.4, 0.5) is 8.78 Å². The third-order valence-corrected chi connectivity index (χ3v) is 5.22. The average Bonchev–Trinajstić information content (AvgIpc) is 3.30. The molecule has 8 heteroatoms. The third-order valence-electron chi connectivity index (χ3n) is 5.22. The Balaban J connectivity index is 1.38.